The van der Waals surface area contributed by atoms with Gasteiger partial charge in [-0.2, -0.15) is 0 Å². The summed E-state index contributed by atoms with van der Waals surface area (Å²) in [5.41, 5.74) is 1.86. The lowest BCUT2D eigenvalue weighted by Gasteiger charge is -2.34. The normalized spacial score (nSPS) is 24.2. The topological polar surface area (TPSA) is 53.7 Å². The predicted molar refractivity (Wildman–Crippen MR) is 95.9 cm³/mol. The van der Waals surface area contributed by atoms with Gasteiger partial charge in [0, 0.05) is 13.6 Å². The maximum Gasteiger partial charge on any atom is 0.280 e. The SMILES string of the molecule is Cc1nc2c(n1Cc1ccccc1)C(=O)N(C)C1=NC3CCCC3N12. The third-order valence-electron chi connectivity index (χ3n) is 5.63. The molecule has 1 aliphatic carbocycles. The van der Waals surface area contributed by atoms with Crippen LogP contribution in [0.1, 0.15) is 41.1 Å². The highest BCUT2D eigenvalue weighted by molar-refractivity contribution is 6.18. The fourth-order valence-electron chi connectivity index (χ4n) is 4.37. The van der Waals surface area contributed by atoms with Crippen molar-refractivity contribution in [3.8, 4) is 0 Å². The van der Waals surface area contributed by atoms with Crippen LogP contribution in [0.3, 0.4) is 0 Å². The van der Waals surface area contributed by atoms with Gasteiger partial charge in [0.05, 0.1) is 12.1 Å². The van der Waals surface area contributed by atoms with Crippen molar-refractivity contribution < 1.29 is 4.79 Å². The van der Waals surface area contributed by atoms with Crippen molar-refractivity contribution in [3.63, 3.8) is 0 Å². The highest BCUT2D eigenvalue weighted by Crippen LogP contribution is 2.40. The minimum Gasteiger partial charge on any atom is -0.318 e. The van der Waals surface area contributed by atoms with E-state index in [-0.39, 0.29) is 5.91 Å². The summed E-state index contributed by atoms with van der Waals surface area (Å²) in [5, 5.41) is 0. The lowest BCUT2D eigenvalue weighted by Crippen LogP contribution is -2.51. The molecule has 1 fully saturated rings. The van der Waals surface area contributed by atoms with Crippen LogP contribution in [0.15, 0.2) is 35.3 Å². The number of hydrogen-bond donors (Lipinski definition) is 0. The van der Waals surface area contributed by atoms with E-state index in [1.54, 1.807) is 4.90 Å². The summed E-state index contributed by atoms with van der Waals surface area (Å²) in [6, 6.07) is 10.9. The number of carbonyl (C=O) groups is 1. The summed E-state index contributed by atoms with van der Waals surface area (Å²) >= 11 is 0. The van der Waals surface area contributed by atoms with E-state index in [0.29, 0.717) is 24.3 Å². The Morgan fingerprint density at radius 3 is 2.80 bits per heavy atom. The summed E-state index contributed by atoms with van der Waals surface area (Å²) in [6.45, 7) is 2.64. The molecule has 0 spiro atoms. The van der Waals surface area contributed by atoms with Gasteiger partial charge in [-0.25, -0.2) is 9.98 Å². The Kier molecular flexibility index (Phi) is 3.04. The number of anilines is 1. The van der Waals surface area contributed by atoms with Crippen LogP contribution in [0.4, 0.5) is 5.82 Å². The molecule has 0 bridgehead atoms. The van der Waals surface area contributed by atoms with Crippen LogP contribution in [0.5, 0.6) is 0 Å². The Hall–Kier alpha value is -2.63. The molecule has 6 nitrogen and oxygen atoms in total. The number of fused-ring (bicyclic) bond motifs is 5. The average molecular weight is 335 g/mol. The van der Waals surface area contributed by atoms with Crippen molar-refractivity contribution in [1.82, 2.24) is 14.5 Å². The van der Waals surface area contributed by atoms with Crippen molar-refractivity contribution in [2.45, 2.75) is 44.8 Å². The lowest BCUT2D eigenvalue weighted by molar-refractivity contribution is 0.0854. The number of carbonyl (C=O) groups excluding carboxylic acids is 1. The van der Waals surface area contributed by atoms with Crippen LogP contribution in [0, 0.1) is 6.92 Å². The van der Waals surface area contributed by atoms with E-state index in [0.717, 1.165) is 30.4 Å². The second kappa shape index (κ2) is 5.18. The lowest BCUT2D eigenvalue weighted by atomic mass is 10.1. The van der Waals surface area contributed by atoms with Gasteiger partial charge in [0.25, 0.3) is 5.91 Å². The first kappa shape index (κ1) is 14.7. The Labute approximate surface area is 146 Å². The summed E-state index contributed by atoms with van der Waals surface area (Å²) in [6.07, 6.45) is 3.41. The zero-order valence-corrected chi connectivity index (χ0v) is 14.5. The number of amides is 1. The Bertz CT molecular complexity index is 885. The number of rotatable bonds is 2. The summed E-state index contributed by atoms with van der Waals surface area (Å²) in [5.74, 6) is 2.43. The van der Waals surface area contributed by atoms with Gasteiger partial charge in [-0.3, -0.25) is 14.6 Å². The van der Waals surface area contributed by atoms with Crippen LogP contribution in [0.2, 0.25) is 0 Å². The number of aryl methyl sites for hydroxylation is 1. The molecule has 2 atom stereocenters. The van der Waals surface area contributed by atoms with E-state index in [2.05, 4.69) is 17.0 Å². The molecule has 1 saturated carbocycles. The average Bonchev–Trinajstić information content (AvgIpc) is 3.27. The second-order valence-corrected chi connectivity index (χ2v) is 7.13. The number of hydrogen-bond acceptors (Lipinski definition) is 4. The third kappa shape index (κ3) is 2.00. The number of nitrogens with zero attached hydrogens (tertiary/aromatic N) is 5. The van der Waals surface area contributed by atoms with Crippen molar-refractivity contribution in [2.24, 2.45) is 4.99 Å². The minimum atomic E-state index is -0.0125. The first-order chi connectivity index (χ1) is 12.1. The van der Waals surface area contributed by atoms with Crippen LogP contribution >= 0.6 is 0 Å². The van der Waals surface area contributed by atoms with Gasteiger partial charge >= 0.3 is 0 Å². The molecule has 2 unspecified atom stereocenters. The first-order valence-corrected chi connectivity index (χ1v) is 8.91. The van der Waals surface area contributed by atoms with Gasteiger partial charge < -0.3 is 4.57 Å². The van der Waals surface area contributed by atoms with Crippen LogP contribution in [-0.4, -0.2) is 45.4 Å². The first-order valence-electron chi connectivity index (χ1n) is 8.91. The molecule has 1 amide bonds. The molecule has 25 heavy (non-hydrogen) atoms. The Morgan fingerprint density at radius 1 is 1.20 bits per heavy atom. The largest absolute Gasteiger partial charge is 0.318 e. The monoisotopic (exact) mass is 335 g/mol. The maximum atomic E-state index is 13.1. The van der Waals surface area contributed by atoms with Crippen molar-refractivity contribution in [1.29, 1.82) is 0 Å². The summed E-state index contributed by atoms with van der Waals surface area (Å²) < 4.78 is 2.04. The molecule has 0 N–H and O–H groups in total. The molecule has 5 rings (SSSR count). The van der Waals surface area contributed by atoms with E-state index in [1.807, 2.05) is 36.7 Å². The number of aromatic nitrogens is 2. The zero-order chi connectivity index (χ0) is 17.1. The zero-order valence-electron chi connectivity index (χ0n) is 14.5. The molecule has 2 aromatic rings. The standard InChI is InChI=1S/C19H21N5O/c1-12-20-17-16(23(12)11-13-7-4-3-5-8-13)18(25)22(2)19-21-14-9-6-10-15(14)24(17)19/h3-5,7-8,14-15H,6,9-11H2,1-2H3. The predicted octanol–water partition coefficient (Wildman–Crippen LogP) is 2.42. The van der Waals surface area contributed by atoms with E-state index in [1.165, 1.54) is 12.0 Å². The van der Waals surface area contributed by atoms with Gasteiger partial charge in [-0.1, -0.05) is 30.3 Å². The molecule has 2 aliphatic heterocycles. The maximum absolute atomic E-state index is 13.1. The highest BCUT2D eigenvalue weighted by atomic mass is 16.2. The van der Waals surface area contributed by atoms with Crippen LogP contribution in [0.25, 0.3) is 0 Å². The Balaban J connectivity index is 1.63. The van der Waals surface area contributed by atoms with Gasteiger partial charge in [0.15, 0.2) is 11.5 Å². The quantitative estimate of drug-likeness (QED) is 0.847. The second-order valence-electron chi connectivity index (χ2n) is 7.13. The summed E-state index contributed by atoms with van der Waals surface area (Å²) in [7, 11) is 1.83. The van der Waals surface area contributed by atoms with Crippen LogP contribution in [-0.2, 0) is 6.54 Å². The number of imidazole rings is 1. The molecule has 128 valence electrons. The number of guanidine groups is 1. The molecule has 3 aliphatic rings. The van der Waals surface area contributed by atoms with Gasteiger partial charge in [0.1, 0.15) is 5.82 Å². The highest BCUT2D eigenvalue weighted by Gasteiger charge is 2.48. The molecular weight excluding hydrogens is 314 g/mol. The van der Waals surface area contributed by atoms with Gasteiger partial charge in [-0.15, -0.1) is 0 Å². The molecule has 1 aromatic carbocycles. The van der Waals surface area contributed by atoms with Crippen molar-refractivity contribution in [3.05, 3.63) is 47.4 Å². The van der Waals surface area contributed by atoms with Crippen molar-refractivity contribution >= 4 is 17.7 Å². The van der Waals surface area contributed by atoms with E-state index < -0.39 is 0 Å². The molecule has 6 heteroatoms. The smallest absolute Gasteiger partial charge is 0.280 e. The fraction of sp³-hybridized carbons (Fsp3) is 0.421. The Morgan fingerprint density at radius 2 is 2.00 bits per heavy atom. The molecule has 0 radical (unpaired) electrons. The van der Waals surface area contributed by atoms with Gasteiger partial charge in [-0.05, 0) is 31.7 Å². The number of benzene rings is 1. The van der Waals surface area contributed by atoms with E-state index in [4.69, 9.17) is 9.98 Å². The van der Waals surface area contributed by atoms with Gasteiger partial charge in [0.2, 0.25) is 5.96 Å². The van der Waals surface area contributed by atoms with Crippen LogP contribution < -0.4 is 4.90 Å². The number of aliphatic imine (C=N–C) groups is 1. The van der Waals surface area contributed by atoms with Crippen molar-refractivity contribution in [2.75, 3.05) is 11.9 Å². The molecule has 0 saturated heterocycles. The summed E-state index contributed by atoms with van der Waals surface area (Å²) in [4.78, 5) is 26.6. The fourth-order valence-corrected chi connectivity index (χ4v) is 4.37. The minimum absolute atomic E-state index is 0.0125. The molecule has 1 aromatic heterocycles. The van der Waals surface area contributed by atoms with E-state index in [9.17, 15) is 4.79 Å². The third-order valence-corrected chi connectivity index (χ3v) is 5.63. The van der Waals surface area contributed by atoms with E-state index >= 15 is 0 Å². The molecular formula is C19H21N5O. The molecule has 3 heterocycles.